The van der Waals surface area contributed by atoms with Gasteiger partial charge in [-0.2, -0.15) is 4.68 Å². The van der Waals surface area contributed by atoms with E-state index in [2.05, 4.69) is 25.8 Å². The predicted molar refractivity (Wildman–Crippen MR) is 111 cm³/mol. The van der Waals surface area contributed by atoms with E-state index >= 15 is 0 Å². The molecular formula is C20H18ClN7O2. The van der Waals surface area contributed by atoms with Gasteiger partial charge in [0.2, 0.25) is 0 Å². The van der Waals surface area contributed by atoms with Crippen LogP contribution in [0.3, 0.4) is 0 Å². The van der Waals surface area contributed by atoms with Crippen LogP contribution in [0.25, 0.3) is 5.69 Å². The third-order valence-corrected chi connectivity index (χ3v) is 4.90. The van der Waals surface area contributed by atoms with E-state index in [0.717, 1.165) is 11.4 Å². The lowest BCUT2D eigenvalue weighted by molar-refractivity contribution is 0.102. The highest BCUT2D eigenvalue weighted by Gasteiger charge is 2.17. The minimum atomic E-state index is -0.338. The first kappa shape index (κ1) is 19.6. The summed E-state index contributed by atoms with van der Waals surface area (Å²) in [6.07, 6.45) is 5.11. The van der Waals surface area contributed by atoms with Crippen molar-refractivity contribution < 1.29 is 9.53 Å². The minimum absolute atomic E-state index is 0.303. The number of aryl methyl sites for hydroxylation is 1. The number of benzene rings is 2. The fourth-order valence-corrected chi connectivity index (χ4v) is 3.25. The Balaban J connectivity index is 1.52. The first-order valence-corrected chi connectivity index (χ1v) is 9.42. The van der Waals surface area contributed by atoms with Crippen molar-refractivity contribution in [2.24, 2.45) is 0 Å². The van der Waals surface area contributed by atoms with Crippen molar-refractivity contribution in [3.05, 3.63) is 77.1 Å². The summed E-state index contributed by atoms with van der Waals surface area (Å²) in [4.78, 5) is 17.0. The van der Waals surface area contributed by atoms with Gasteiger partial charge < -0.3 is 14.6 Å². The lowest BCUT2D eigenvalue weighted by atomic mass is 10.1. The molecule has 2 aromatic heterocycles. The Kier molecular flexibility index (Phi) is 5.44. The molecule has 9 nitrogen and oxygen atoms in total. The van der Waals surface area contributed by atoms with Gasteiger partial charge in [-0.25, -0.2) is 4.98 Å². The number of hydrogen-bond acceptors (Lipinski definition) is 6. The molecule has 0 spiro atoms. The Labute approximate surface area is 177 Å². The van der Waals surface area contributed by atoms with Gasteiger partial charge in [0.15, 0.2) is 0 Å². The standard InChI is InChI=1S/C20H18ClN7O2/c1-13-22-7-8-27(13)11-14-3-5-15(6-4-14)24-20(29)16-9-17(21)18(10-19(16)30-2)28-12-23-25-26-28/h3-10,12H,11H2,1-2H3,(H,24,29). The molecule has 0 aliphatic heterocycles. The zero-order valence-electron chi connectivity index (χ0n) is 16.3. The molecule has 1 N–H and O–H groups in total. The first-order chi connectivity index (χ1) is 14.5. The maximum atomic E-state index is 12.8. The van der Waals surface area contributed by atoms with Crippen molar-refractivity contribution in [3.8, 4) is 11.4 Å². The number of nitrogens with one attached hydrogen (secondary N) is 1. The van der Waals surface area contributed by atoms with E-state index in [1.165, 1.54) is 24.2 Å². The second-order valence-electron chi connectivity index (χ2n) is 6.51. The molecule has 0 saturated carbocycles. The molecule has 4 aromatic rings. The van der Waals surface area contributed by atoms with Crippen LogP contribution >= 0.6 is 11.6 Å². The fraction of sp³-hybridized carbons (Fsp3) is 0.150. The van der Waals surface area contributed by atoms with Crippen molar-refractivity contribution in [1.29, 1.82) is 0 Å². The third-order valence-electron chi connectivity index (χ3n) is 4.60. The summed E-state index contributed by atoms with van der Waals surface area (Å²) < 4.78 is 8.82. The van der Waals surface area contributed by atoms with E-state index in [1.807, 2.05) is 42.0 Å². The van der Waals surface area contributed by atoms with E-state index in [9.17, 15) is 4.79 Å². The number of rotatable bonds is 6. The Morgan fingerprint density at radius 1 is 1.23 bits per heavy atom. The number of anilines is 1. The van der Waals surface area contributed by atoms with Crippen LogP contribution in [0.4, 0.5) is 5.69 Å². The van der Waals surface area contributed by atoms with Gasteiger partial charge in [-0.05, 0) is 41.1 Å². The Morgan fingerprint density at radius 2 is 2.03 bits per heavy atom. The molecule has 152 valence electrons. The van der Waals surface area contributed by atoms with Crippen LogP contribution < -0.4 is 10.1 Å². The van der Waals surface area contributed by atoms with Gasteiger partial charge in [0.1, 0.15) is 17.9 Å². The fourth-order valence-electron chi connectivity index (χ4n) is 3.00. The van der Waals surface area contributed by atoms with Crippen molar-refractivity contribution in [2.75, 3.05) is 12.4 Å². The minimum Gasteiger partial charge on any atom is -0.496 e. The summed E-state index contributed by atoms with van der Waals surface area (Å²) in [5.74, 6) is 0.964. The predicted octanol–water partition coefficient (Wildman–Crippen LogP) is 3.13. The monoisotopic (exact) mass is 423 g/mol. The molecule has 0 atom stereocenters. The van der Waals surface area contributed by atoms with Crippen LogP contribution in [-0.4, -0.2) is 42.8 Å². The molecule has 0 radical (unpaired) electrons. The number of amides is 1. The molecule has 0 bridgehead atoms. The van der Waals surface area contributed by atoms with Crippen molar-refractivity contribution in [1.82, 2.24) is 29.8 Å². The number of tetrazole rings is 1. The van der Waals surface area contributed by atoms with Crippen LogP contribution in [-0.2, 0) is 6.54 Å². The number of aromatic nitrogens is 6. The lowest BCUT2D eigenvalue weighted by Gasteiger charge is -2.13. The van der Waals surface area contributed by atoms with Gasteiger partial charge >= 0.3 is 0 Å². The Hall–Kier alpha value is -3.72. The second-order valence-corrected chi connectivity index (χ2v) is 6.92. The molecule has 0 aliphatic carbocycles. The van der Waals surface area contributed by atoms with Crippen LogP contribution in [0.5, 0.6) is 5.75 Å². The second kappa shape index (κ2) is 8.34. The largest absolute Gasteiger partial charge is 0.496 e. The number of ether oxygens (including phenoxy) is 1. The molecule has 1 amide bonds. The summed E-state index contributed by atoms with van der Waals surface area (Å²) in [6.45, 7) is 2.67. The Bertz CT molecular complexity index is 1170. The molecule has 0 saturated heterocycles. The highest BCUT2D eigenvalue weighted by Crippen LogP contribution is 2.30. The average Bonchev–Trinajstić information content (AvgIpc) is 3.41. The number of imidazole rings is 1. The smallest absolute Gasteiger partial charge is 0.259 e. The zero-order valence-corrected chi connectivity index (χ0v) is 17.0. The van der Waals surface area contributed by atoms with Crippen molar-refractivity contribution >= 4 is 23.2 Å². The van der Waals surface area contributed by atoms with E-state index < -0.39 is 0 Å². The average molecular weight is 424 g/mol. The molecule has 30 heavy (non-hydrogen) atoms. The highest BCUT2D eigenvalue weighted by atomic mass is 35.5. The van der Waals surface area contributed by atoms with Crippen LogP contribution in [0, 0.1) is 6.92 Å². The molecular weight excluding hydrogens is 406 g/mol. The van der Waals surface area contributed by atoms with Gasteiger partial charge in [-0.15, -0.1) is 5.10 Å². The van der Waals surface area contributed by atoms with Gasteiger partial charge in [0.25, 0.3) is 5.91 Å². The van der Waals surface area contributed by atoms with E-state index in [-0.39, 0.29) is 5.91 Å². The third kappa shape index (κ3) is 4.01. The van der Waals surface area contributed by atoms with E-state index in [4.69, 9.17) is 16.3 Å². The molecule has 2 heterocycles. The first-order valence-electron chi connectivity index (χ1n) is 9.04. The summed E-state index contributed by atoms with van der Waals surface area (Å²) in [5.41, 5.74) is 2.57. The van der Waals surface area contributed by atoms with E-state index in [1.54, 1.807) is 12.3 Å². The maximum Gasteiger partial charge on any atom is 0.259 e. The molecule has 10 heteroatoms. The maximum absolute atomic E-state index is 12.8. The normalized spacial score (nSPS) is 10.8. The van der Waals surface area contributed by atoms with Crippen LogP contribution in [0.2, 0.25) is 5.02 Å². The molecule has 0 aliphatic rings. The van der Waals surface area contributed by atoms with Crippen LogP contribution in [0.1, 0.15) is 21.7 Å². The number of carbonyl (C=O) groups is 1. The van der Waals surface area contributed by atoms with Gasteiger partial charge in [0.05, 0.1) is 23.4 Å². The summed E-state index contributed by atoms with van der Waals surface area (Å²) in [5, 5.41) is 14.2. The van der Waals surface area contributed by atoms with Gasteiger partial charge in [0, 0.05) is 30.7 Å². The number of hydrogen-bond donors (Lipinski definition) is 1. The number of nitrogens with zero attached hydrogens (tertiary/aromatic N) is 6. The summed E-state index contributed by atoms with van der Waals surface area (Å²) in [6, 6.07) is 10.8. The molecule has 0 unspecified atom stereocenters. The summed E-state index contributed by atoms with van der Waals surface area (Å²) in [7, 11) is 1.48. The highest BCUT2D eigenvalue weighted by molar-refractivity contribution is 6.33. The topological polar surface area (TPSA) is 99.8 Å². The zero-order chi connectivity index (χ0) is 21.1. The summed E-state index contributed by atoms with van der Waals surface area (Å²) >= 11 is 6.34. The number of methoxy groups -OCH3 is 1. The quantitative estimate of drug-likeness (QED) is 0.511. The Morgan fingerprint density at radius 3 is 2.67 bits per heavy atom. The lowest BCUT2D eigenvalue weighted by Crippen LogP contribution is -2.14. The number of halogens is 1. The molecule has 2 aromatic carbocycles. The van der Waals surface area contributed by atoms with Crippen molar-refractivity contribution in [2.45, 2.75) is 13.5 Å². The van der Waals surface area contributed by atoms with Gasteiger partial charge in [-0.3, -0.25) is 4.79 Å². The van der Waals surface area contributed by atoms with Gasteiger partial charge in [-0.1, -0.05) is 23.7 Å². The van der Waals surface area contributed by atoms with Crippen molar-refractivity contribution in [3.63, 3.8) is 0 Å². The number of carbonyl (C=O) groups excluding carboxylic acids is 1. The molecule has 0 fully saturated rings. The van der Waals surface area contributed by atoms with E-state index in [0.29, 0.717) is 34.3 Å². The SMILES string of the molecule is COc1cc(-n2cnnn2)c(Cl)cc1C(=O)Nc1ccc(Cn2ccnc2C)cc1. The molecule has 4 rings (SSSR count). The van der Waals surface area contributed by atoms with Crippen LogP contribution in [0.15, 0.2) is 55.1 Å².